The molecular weight excluding hydrogens is 1410 g/mol. The summed E-state index contributed by atoms with van der Waals surface area (Å²) in [4.78, 5) is 0. The molecule has 8 rings (SSSR count). The first-order valence-electron chi connectivity index (χ1n) is 26.6. The van der Waals surface area contributed by atoms with Crippen LogP contribution in [-0.2, 0) is 107 Å². The summed E-state index contributed by atoms with van der Waals surface area (Å²) in [6.07, 6.45) is 5.34. The van der Waals surface area contributed by atoms with Gasteiger partial charge in [0.2, 0.25) is 0 Å². The average molecular weight is 1470 g/mol. The number of benzene rings is 8. The molecule has 0 spiro atoms. The summed E-state index contributed by atoms with van der Waals surface area (Å²) in [6.45, 7) is 6.41. The number of anilines is 4. The largest absolute Gasteiger partial charge is 2.00 e. The van der Waals surface area contributed by atoms with Gasteiger partial charge in [0.25, 0.3) is 0 Å². The van der Waals surface area contributed by atoms with Crippen LogP contribution in [0.1, 0.15) is 72.2 Å². The zero-order valence-corrected chi connectivity index (χ0v) is 58.1. The Morgan fingerprint density at radius 2 is 0.378 bits per heavy atom. The number of hydrogen-bond donors (Lipinski definition) is 4. The Hall–Kier alpha value is -10.2. The normalized spacial score (nSPS) is 11.9. The van der Waals surface area contributed by atoms with E-state index in [1.54, 1.807) is 222 Å². The van der Waals surface area contributed by atoms with Gasteiger partial charge < -0.3 is 96.6 Å². The van der Waals surface area contributed by atoms with E-state index in [2.05, 4.69) is 40.8 Å². The van der Waals surface area contributed by atoms with Crippen molar-refractivity contribution >= 4 is 92.2 Å². The van der Waals surface area contributed by atoms with Crippen LogP contribution in [0.4, 0.5) is 22.7 Å². The van der Waals surface area contributed by atoms with Crippen molar-refractivity contribution in [3.63, 3.8) is 0 Å². The molecule has 30 heteroatoms. The van der Waals surface area contributed by atoms with Gasteiger partial charge in [0.1, 0.15) is 0 Å². The van der Waals surface area contributed by atoms with Crippen molar-refractivity contribution < 1.29 is 148 Å². The molecule has 26 nitrogen and oxygen atoms in total. The second kappa shape index (κ2) is 53.0. The molecule has 0 aromatic heterocycles. The maximum Gasteiger partial charge on any atom is 0.0593 e. The summed E-state index contributed by atoms with van der Waals surface area (Å²) < 4.78 is 0. The van der Waals surface area contributed by atoms with Crippen LogP contribution >= 0.6 is 0 Å². The molecule has 0 amide bonds. The molecule has 516 valence electrons. The van der Waals surface area contributed by atoms with E-state index in [1.165, 1.54) is 24.3 Å². The molecule has 0 unspecified atom stereocenters. The van der Waals surface area contributed by atoms with Gasteiger partial charge >= 0.3 is 0 Å². The van der Waals surface area contributed by atoms with E-state index in [0.29, 0.717) is 67.9 Å². The Labute approximate surface area is 614 Å². The van der Waals surface area contributed by atoms with E-state index in [-0.39, 0.29) is 152 Å². The van der Waals surface area contributed by atoms with E-state index in [4.69, 9.17) is 22.9 Å². The van der Waals surface area contributed by atoms with Gasteiger partial charge in [0.05, 0.1) is 22.8 Å². The first-order valence-corrected chi connectivity index (χ1v) is 26.6. The van der Waals surface area contributed by atoms with Crippen molar-refractivity contribution in [1.82, 2.24) is 0 Å². The van der Waals surface area contributed by atoms with Crippen molar-refractivity contribution in [3.05, 3.63) is 287 Å². The molecule has 0 fully saturated rings. The standard InChI is InChI=1S/4C17H17N3O2.6O.4V/c4*1-12(11-16(21)13-7-3-2-4-8-13)19-20-17(22)14-9-5-6-10-15(14)18;;;;;;;;;;/h4*2-11,21H,18H2,1H3,(H,20,22);;;;;;;;;;/q;;;;6*-2;;;;/p-8/b4*16-11-,19-12+;;;;;;;;;;. The number of nitrogen functional groups attached to an aromatic ring is 4. The molecule has 8 N–H and O–H groups in total. The Bertz CT molecular complexity index is 3500. The second-order valence-corrected chi connectivity index (χ2v) is 18.4. The van der Waals surface area contributed by atoms with Crippen molar-refractivity contribution in [2.45, 2.75) is 27.7 Å². The topological polar surface area (TPSA) is 558 Å². The number of para-hydroxylation sites is 4. The minimum absolute atomic E-state index is 0. The molecule has 0 aliphatic rings. The van der Waals surface area contributed by atoms with Crippen LogP contribution in [0.2, 0.25) is 0 Å². The number of rotatable bonds is 16. The van der Waals surface area contributed by atoms with Gasteiger partial charge in [-0.3, -0.25) is 0 Å². The van der Waals surface area contributed by atoms with E-state index in [0.717, 1.165) is 0 Å². The van der Waals surface area contributed by atoms with E-state index < -0.39 is 23.6 Å². The SMILES string of the molecule is CC(/C=C(\[O-])c1ccccc1)=N\N=C(/[O-])c1ccccc1N.CC(/C=C(\[O-])c1ccccc1)=N\N=C(/[O-])c1ccccc1N.CC(/C=C(\[O-])c1ccccc1)=N\N=C(/[O-])c1ccccc1N.CC(/C=C(\[O-])c1ccccc1)=N\N=C(/[O-])c1ccccc1N.[O-2].[O-2].[O-2].[O-2].[O-2].[O-2].[V].[V].[V].[V]. The number of hydrogen-bond acceptors (Lipinski definition) is 20. The zero-order chi connectivity index (χ0) is 63.8. The third-order valence-corrected chi connectivity index (χ3v) is 11.6. The predicted octanol–water partition coefficient (Wildman–Crippen LogP) is 3.89. The summed E-state index contributed by atoms with van der Waals surface area (Å²) >= 11 is 0. The van der Waals surface area contributed by atoms with E-state index in [1.807, 2.05) is 24.3 Å². The third kappa shape index (κ3) is 34.4. The second-order valence-electron chi connectivity index (χ2n) is 18.4. The molecule has 0 heterocycles. The Morgan fingerprint density at radius 3 is 0.531 bits per heavy atom. The van der Waals surface area contributed by atoms with Gasteiger partial charge in [-0.15, -0.1) is 0 Å². The van der Waals surface area contributed by atoms with E-state index in [9.17, 15) is 40.9 Å². The Kier molecular flexibility index (Phi) is 53.4. The minimum atomic E-state index is -0.544. The average Bonchev–Trinajstić information content (AvgIpc) is 0.920. The number of allylic oxidation sites excluding steroid dienone is 4. The molecular formula is C68H60N12O14V4-20. The first-order chi connectivity index (χ1) is 42.3. The van der Waals surface area contributed by atoms with Gasteiger partial charge in [0, 0.05) is 143 Å². The molecule has 0 atom stereocenters. The van der Waals surface area contributed by atoms with Crippen LogP contribution in [0.25, 0.3) is 23.0 Å². The van der Waals surface area contributed by atoms with Crippen LogP contribution in [-0.4, -0.2) is 46.4 Å². The van der Waals surface area contributed by atoms with Gasteiger partial charge in [0.15, 0.2) is 0 Å². The molecule has 8 aromatic rings. The molecule has 0 aliphatic heterocycles. The van der Waals surface area contributed by atoms with Crippen molar-refractivity contribution in [2.24, 2.45) is 40.8 Å². The van der Waals surface area contributed by atoms with Crippen LogP contribution in [0.5, 0.6) is 0 Å². The van der Waals surface area contributed by atoms with Gasteiger partial charge in [-0.25, -0.2) is 0 Å². The Balaban J connectivity index is -0.000000278. The van der Waals surface area contributed by atoms with Crippen molar-refractivity contribution in [3.8, 4) is 0 Å². The molecule has 4 radical (unpaired) electrons. The predicted molar refractivity (Wildman–Crippen MR) is 344 cm³/mol. The molecule has 0 aliphatic carbocycles. The summed E-state index contributed by atoms with van der Waals surface area (Å²) in [5.41, 5.74) is 28.9. The van der Waals surface area contributed by atoms with Crippen molar-refractivity contribution in [2.75, 3.05) is 22.9 Å². The van der Waals surface area contributed by atoms with Crippen LogP contribution in [0.15, 0.2) is 284 Å². The smallest absolute Gasteiger partial charge is 0.0593 e. The molecule has 0 saturated heterocycles. The summed E-state index contributed by atoms with van der Waals surface area (Å²) in [5.74, 6) is -2.94. The Morgan fingerprint density at radius 1 is 0.235 bits per heavy atom. The quantitative estimate of drug-likeness (QED) is 0.0352. The fourth-order valence-corrected chi connectivity index (χ4v) is 7.10. The molecule has 98 heavy (non-hydrogen) atoms. The summed E-state index contributed by atoms with van der Waals surface area (Å²) in [6, 6.07) is 61.7. The zero-order valence-electron chi connectivity index (χ0n) is 52.5. The molecule has 0 bridgehead atoms. The van der Waals surface area contributed by atoms with E-state index >= 15 is 0 Å². The molecule has 8 aromatic carbocycles. The minimum Gasteiger partial charge on any atom is -2.00 e. The first kappa shape index (κ1) is 98.8. The number of nitrogens with two attached hydrogens (primary N) is 4. The van der Waals surface area contributed by atoms with Crippen LogP contribution < -0.4 is 63.8 Å². The van der Waals surface area contributed by atoms with Gasteiger partial charge in [-0.05, 0) is 98.5 Å². The molecule has 0 saturated carbocycles. The monoisotopic (exact) mass is 1470 g/mol. The maximum atomic E-state index is 11.9. The summed E-state index contributed by atoms with van der Waals surface area (Å²) in [7, 11) is 0. The number of nitrogens with zero attached hydrogens (tertiary/aromatic N) is 8. The van der Waals surface area contributed by atoms with Gasteiger partial charge in [-0.1, -0.05) is 217 Å². The maximum absolute atomic E-state index is 11.9. The summed E-state index contributed by atoms with van der Waals surface area (Å²) in [5, 5.41) is 125. The fraction of sp³-hybridized carbons (Fsp3) is 0.0588. The third-order valence-electron chi connectivity index (χ3n) is 11.6. The van der Waals surface area contributed by atoms with Gasteiger partial charge in [-0.2, -0.15) is 40.8 Å². The van der Waals surface area contributed by atoms with Crippen molar-refractivity contribution in [1.29, 1.82) is 0 Å². The fourth-order valence-electron chi connectivity index (χ4n) is 7.10. The van der Waals surface area contributed by atoms with Crippen LogP contribution in [0, 0.1) is 0 Å². The van der Waals surface area contributed by atoms with Crippen LogP contribution in [0.3, 0.4) is 0 Å².